The van der Waals surface area contributed by atoms with Gasteiger partial charge in [-0.25, -0.2) is 18.1 Å². The molecule has 0 aliphatic carbocycles. The second-order valence-corrected chi connectivity index (χ2v) is 6.32. The molecule has 0 unspecified atom stereocenters. The van der Waals surface area contributed by atoms with Gasteiger partial charge in [0, 0.05) is 18.8 Å². The topological polar surface area (TPSA) is 77.5 Å². The summed E-state index contributed by atoms with van der Waals surface area (Å²) in [5.41, 5.74) is 0.594. The molecule has 0 atom stereocenters. The first-order valence-corrected chi connectivity index (χ1v) is 8.02. The average molecular weight is 362 g/mol. The number of hydrogen-bond donors (Lipinski definition) is 1. The standard InChI is InChI=1S/C14H13F3N2O4S/c1-22-13-7-2-10(8-18-13)9-19-24(20,21)12-5-3-11(4-6-12)23-14(15,16)17/h2-8,19H,9H2,1H3. The zero-order valence-corrected chi connectivity index (χ0v) is 13.2. The monoisotopic (exact) mass is 362 g/mol. The molecule has 0 aliphatic heterocycles. The predicted octanol–water partition coefficient (Wildman–Crippen LogP) is 2.47. The molecule has 1 N–H and O–H groups in total. The fourth-order valence-electron chi connectivity index (χ4n) is 1.72. The lowest BCUT2D eigenvalue weighted by molar-refractivity contribution is -0.274. The van der Waals surface area contributed by atoms with Crippen LogP contribution in [0.3, 0.4) is 0 Å². The van der Waals surface area contributed by atoms with E-state index in [9.17, 15) is 21.6 Å². The highest BCUT2D eigenvalue weighted by Crippen LogP contribution is 2.23. The molecule has 0 radical (unpaired) electrons. The molecule has 10 heteroatoms. The van der Waals surface area contributed by atoms with Crippen LogP contribution in [0.4, 0.5) is 13.2 Å². The minimum atomic E-state index is -4.83. The lowest BCUT2D eigenvalue weighted by Gasteiger charge is -2.10. The highest BCUT2D eigenvalue weighted by atomic mass is 32.2. The Kier molecular flexibility index (Phi) is 5.30. The van der Waals surface area contributed by atoms with E-state index >= 15 is 0 Å². The van der Waals surface area contributed by atoms with Crippen molar-refractivity contribution in [3.8, 4) is 11.6 Å². The van der Waals surface area contributed by atoms with Gasteiger partial charge in [0.1, 0.15) is 5.75 Å². The van der Waals surface area contributed by atoms with Crippen LogP contribution in [0.1, 0.15) is 5.56 Å². The van der Waals surface area contributed by atoms with E-state index in [1.165, 1.54) is 13.3 Å². The van der Waals surface area contributed by atoms with E-state index in [4.69, 9.17) is 4.74 Å². The maximum absolute atomic E-state index is 12.1. The van der Waals surface area contributed by atoms with E-state index in [-0.39, 0.29) is 11.4 Å². The summed E-state index contributed by atoms with van der Waals surface area (Å²) in [6.07, 6.45) is -3.39. The molecule has 24 heavy (non-hydrogen) atoms. The van der Waals surface area contributed by atoms with Crippen LogP contribution in [0.5, 0.6) is 11.6 Å². The molecule has 1 heterocycles. The molecular formula is C14H13F3N2O4S. The van der Waals surface area contributed by atoms with Gasteiger partial charge in [0.2, 0.25) is 15.9 Å². The highest BCUT2D eigenvalue weighted by molar-refractivity contribution is 7.89. The molecule has 6 nitrogen and oxygen atoms in total. The number of nitrogens with one attached hydrogen (secondary N) is 1. The summed E-state index contributed by atoms with van der Waals surface area (Å²) in [5, 5.41) is 0. The van der Waals surface area contributed by atoms with E-state index in [2.05, 4.69) is 14.4 Å². The Hall–Kier alpha value is -2.33. The third kappa shape index (κ3) is 5.10. The molecule has 1 aromatic carbocycles. The molecule has 2 rings (SSSR count). The Morgan fingerprint density at radius 3 is 2.29 bits per heavy atom. The summed E-state index contributed by atoms with van der Waals surface area (Å²) < 4.78 is 71.3. The average Bonchev–Trinajstić information content (AvgIpc) is 2.52. The summed E-state index contributed by atoms with van der Waals surface area (Å²) in [7, 11) is -2.43. The largest absolute Gasteiger partial charge is 0.573 e. The molecule has 2 aromatic rings. The fourth-order valence-corrected chi connectivity index (χ4v) is 2.74. The summed E-state index contributed by atoms with van der Waals surface area (Å²) in [5.74, 6) is -0.109. The van der Waals surface area contributed by atoms with Crippen LogP contribution >= 0.6 is 0 Å². The maximum atomic E-state index is 12.1. The molecular weight excluding hydrogens is 349 g/mol. The quantitative estimate of drug-likeness (QED) is 0.854. The van der Waals surface area contributed by atoms with Gasteiger partial charge in [0.25, 0.3) is 0 Å². The second-order valence-electron chi connectivity index (χ2n) is 4.55. The predicted molar refractivity (Wildman–Crippen MR) is 77.9 cm³/mol. The van der Waals surface area contributed by atoms with Gasteiger partial charge in [-0.1, -0.05) is 6.07 Å². The SMILES string of the molecule is COc1ccc(CNS(=O)(=O)c2ccc(OC(F)(F)F)cc2)cn1. The smallest absolute Gasteiger partial charge is 0.481 e. The minimum Gasteiger partial charge on any atom is -0.481 e. The van der Waals surface area contributed by atoms with Crippen molar-refractivity contribution < 1.29 is 31.1 Å². The molecule has 0 aliphatic rings. The first-order chi connectivity index (χ1) is 11.2. The van der Waals surface area contributed by atoms with Crippen molar-refractivity contribution in [1.29, 1.82) is 0 Å². The van der Waals surface area contributed by atoms with Crippen LogP contribution in [-0.2, 0) is 16.6 Å². The molecule has 130 valence electrons. The van der Waals surface area contributed by atoms with Crippen molar-refractivity contribution >= 4 is 10.0 Å². The Morgan fingerprint density at radius 2 is 1.79 bits per heavy atom. The van der Waals surface area contributed by atoms with Crippen LogP contribution in [0.15, 0.2) is 47.5 Å². The number of alkyl halides is 3. The van der Waals surface area contributed by atoms with Crippen molar-refractivity contribution in [2.45, 2.75) is 17.8 Å². The van der Waals surface area contributed by atoms with Gasteiger partial charge in [-0.05, 0) is 29.8 Å². The van der Waals surface area contributed by atoms with Gasteiger partial charge in [-0.2, -0.15) is 0 Å². The first kappa shape index (κ1) is 18.0. The van der Waals surface area contributed by atoms with Crippen molar-refractivity contribution in [3.63, 3.8) is 0 Å². The maximum Gasteiger partial charge on any atom is 0.573 e. The number of sulfonamides is 1. The van der Waals surface area contributed by atoms with Crippen molar-refractivity contribution in [2.75, 3.05) is 7.11 Å². The minimum absolute atomic E-state index is 0.0276. The molecule has 0 fully saturated rings. The summed E-state index contributed by atoms with van der Waals surface area (Å²) in [4.78, 5) is 3.75. The van der Waals surface area contributed by atoms with Gasteiger partial charge in [-0.15, -0.1) is 13.2 Å². The van der Waals surface area contributed by atoms with E-state index in [0.29, 0.717) is 11.4 Å². The number of aromatic nitrogens is 1. The zero-order chi connectivity index (χ0) is 17.8. The van der Waals surface area contributed by atoms with Crippen LogP contribution in [0.25, 0.3) is 0 Å². The second kappa shape index (κ2) is 7.05. The van der Waals surface area contributed by atoms with Crippen LogP contribution in [0, 0.1) is 0 Å². The number of nitrogens with zero attached hydrogens (tertiary/aromatic N) is 1. The summed E-state index contributed by atoms with van der Waals surface area (Å²) >= 11 is 0. The molecule has 0 spiro atoms. The molecule has 0 amide bonds. The fraction of sp³-hybridized carbons (Fsp3) is 0.214. The Balaban J connectivity index is 2.03. The van der Waals surface area contributed by atoms with Crippen LogP contribution in [0.2, 0.25) is 0 Å². The molecule has 1 aromatic heterocycles. The van der Waals surface area contributed by atoms with Gasteiger partial charge in [0.05, 0.1) is 12.0 Å². The van der Waals surface area contributed by atoms with E-state index in [1.807, 2.05) is 0 Å². The Labute approximate surface area is 136 Å². The summed E-state index contributed by atoms with van der Waals surface area (Å²) in [6, 6.07) is 7.11. The van der Waals surface area contributed by atoms with Crippen molar-refractivity contribution in [2.24, 2.45) is 0 Å². The van der Waals surface area contributed by atoms with Crippen LogP contribution < -0.4 is 14.2 Å². The third-order valence-electron chi connectivity index (χ3n) is 2.84. The van der Waals surface area contributed by atoms with Crippen LogP contribution in [-0.4, -0.2) is 26.9 Å². The normalized spacial score (nSPS) is 12.0. The zero-order valence-electron chi connectivity index (χ0n) is 12.4. The van der Waals surface area contributed by atoms with Crippen molar-refractivity contribution in [3.05, 3.63) is 48.2 Å². The number of methoxy groups -OCH3 is 1. The number of pyridine rings is 1. The van der Waals surface area contributed by atoms with Gasteiger partial charge in [-0.3, -0.25) is 0 Å². The summed E-state index contributed by atoms with van der Waals surface area (Å²) in [6.45, 7) is -0.0276. The van der Waals surface area contributed by atoms with E-state index < -0.39 is 22.1 Å². The molecule has 0 saturated carbocycles. The van der Waals surface area contributed by atoms with Crippen molar-refractivity contribution in [1.82, 2.24) is 9.71 Å². The first-order valence-electron chi connectivity index (χ1n) is 6.54. The Morgan fingerprint density at radius 1 is 1.12 bits per heavy atom. The molecule has 0 saturated heterocycles. The number of rotatable bonds is 6. The van der Waals surface area contributed by atoms with E-state index in [1.54, 1.807) is 12.1 Å². The highest BCUT2D eigenvalue weighted by Gasteiger charge is 2.31. The number of hydrogen-bond acceptors (Lipinski definition) is 5. The number of halogens is 3. The third-order valence-corrected chi connectivity index (χ3v) is 4.26. The number of benzene rings is 1. The lowest BCUT2D eigenvalue weighted by atomic mass is 10.3. The Bertz CT molecular complexity index is 775. The van der Waals surface area contributed by atoms with Gasteiger partial charge < -0.3 is 9.47 Å². The van der Waals surface area contributed by atoms with Gasteiger partial charge in [0.15, 0.2) is 0 Å². The number of ether oxygens (including phenoxy) is 2. The van der Waals surface area contributed by atoms with E-state index in [0.717, 1.165) is 24.3 Å². The molecule has 0 bridgehead atoms. The lowest BCUT2D eigenvalue weighted by Crippen LogP contribution is -2.23. The van der Waals surface area contributed by atoms with Gasteiger partial charge >= 0.3 is 6.36 Å².